The van der Waals surface area contributed by atoms with E-state index in [4.69, 9.17) is 28.9 Å². The fourth-order valence-corrected chi connectivity index (χ4v) is 3.03. The highest BCUT2D eigenvalue weighted by Crippen LogP contribution is 2.31. The zero-order valence-corrected chi connectivity index (χ0v) is 15.8. The first kappa shape index (κ1) is 19.4. The Hall–Kier alpha value is -1.89. The van der Waals surface area contributed by atoms with Gasteiger partial charge in [-0.3, -0.25) is 9.59 Å². The van der Waals surface area contributed by atoms with Crippen LogP contribution < -0.4 is 16.4 Å². The second-order valence-corrected chi connectivity index (χ2v) is 7.11. The molecule has 0 radical (unpaired) electrons. The number of carbonyl (C=O) groups excluding carboxylic acids is 2. The zero-order chi connectivity index (χ0) is 18.4. The SMILES string of the molecule is Cc1ccc(NC(=O)CSCC(=O)Nc2cc(Cl)c(N)c(Cl)c2)cc1. The maximum Gasteiger partial charge on any atom is 0.234 e. The van der Waals surface area contributed by atoms with Gasteiger partial charge in [0.15, 0.2) is 0 Å². The molecule has 0 spiro atoms. The minimum absolute atomic E-state index is 0.126. The van der Waals surface area contributed by atoms with Gasteiger partial charge >= 0.3 is 0 Å². The van der Waals surface area contributed by atoms with Crippen molar-refractivity contribution in [2.24, 2.45) is 0 Å². The van der Waals surface area contributed by atoms with Crippen LogP contribution in [-0.2, 0) is 9.59 Å². The number of nitrogens with two attached hydrogens (primary N) is 1. The molecule has 0 heterocycles. The molecule has 0 saturated heterocycles. The molecule has 0 aliphatic rings. The van der Waals surface area contributed by atoms with E-state index in [0.29, 0.717) is 5.69 Å². The Morgan fingerprint density at radius 3 is 1.96 bits per heavy atom. The summed E-state index contributed by atoms with van der Waals surface area (Å²) in [6, 6.07) is 10.5. The van der Waals surface area contributed by atoms with Crippen molar-refractivity contribution in [3.63, 3.8) is 0 Å². The van der Waals surface area contributed by atoms with Gasteiger partial charge in [-0.1, -0.05) is 40.9 Å². The number of hydrogen-bond donors (Lipinski definition) is 3. The fourth-order valence-electron chi connectivity index (χ4n) is 1.92. The van der Waals surface area contributed by atoms with Crippen LogP contribution in [0.2, 0.25) is 10.0 Å². The molecule has 4 N–H and O–H groups in total. The van der Waals surface area contributed by atoms with E-state index in [1.165, 1.54) is 23.9 Å². The summed E-state index contributed by atoms with van der Waals surface area (Å²) in [6.45, 7) is 1.97. The lowest BCUT2D eigenvalue weighted by Gasteiger charge is -2.09. The predicted octanol–water partition coefficient (Wildman–Crippen LogP) is 4.19. The summed E-state index contributed by atoms with van der Waals surface area (Å²) in [5.74, 6) is -0.129. The molecule has 132 valence electrons. The molecular formula is C17H17Cl2N3O2S. The lowest BCUT2D eigenvalue weighted by Crippen LogP contribution is -2.18. The molecule has 0 aliphatic carbocycles. The van der Waals surface area contributed by atoms with E-state index in [1.807, 2.05) is 31.2 Å². The third kappa shape index (κ3) is 6.16. The predicted molar refractivity (Wildman–Crippen MR) is 107 cm³/mol. The second-order valence-electron chi connectivity index (χ2n) is 5.31. The first-order valence-corrected chi connectivity index (χ1v) is 9.25. The molecular weight excluding hydrogens is 381 g/mol. The van der Waals surface area contributed by atoms with E-state index in [1.54, 1.807) is 0 Å². The lowest BCUT2D eigenvalue weighted by atomic mass is 10.2. The number of carbonyl (C=O) groups is 2. The molecule has 8 heteroatoms. The molecule has 0 bridgehead atoms. The molecule has 5 nitrogen and oxygen atoms in total. The molecule has 2 amide bonds. The van der Waals surface area contributed by atoms with E-state index >= 15 is 0 Å². The van der Waals surface area contributed by atoms with E-state index in [-0.39, 0.29) is 39.1 Å². The number of amides is 2. The normalized spacial score (nSPS) is 10.4. The number of anilines is 3. The standard InChI is InChI=1S/C17H17Cl2N3O2S/c1-10-2-4-11(5-3-10)21-15(23)8-25-9-16(24)22-12-6-13(18)17(20)14(19)7-12/h2-7H,8-9,20H2,1H3,(H,21,23)(H,22,24). The number of hydrogen-bond acceptors (Lipinski definition) is 4. The van der Waals surface area contributed by atoms with Crippen LogP contribution in [0.5, 0.6) is 0 Å². The van der Waals surface area contributed by atoms with Crippen LogP contribution in [0, 0.1) is 6.92 Å². The average molecular weight is 398 g/mol. The summed E-state index contributed by atoms with van der Waals surface area (Å²) in [5, 5.41) is 5.98. The van der Waals surface area contributed by atoms with Gasteiger partial charge in [0.2, 0.25) is 11.8 Å². The Labute approximate surface area is 160 Å². The average Bonchev–Trinajstić information content (AvgIpc) is 2.54. The largest absolute Gasteiger partial charge is 0.396 e. The van der Waals surface area contributed by atoms with Crippen LogP contribution in [-0.4, -0.2) is 23.3 Å². The molecule has 0 aromatic heterocycles. The lowest BCUT2D eigenvalue weighted by molar-refractivity contribution is -0.114. The highest BCUT2D eigenvalue weighted by atomic mass is 35.5. The quantitative estimate of drug-likeness (QED) is 0.637. The highest BCUT2D eigenvalue weighted by Gasteiger charge is 2.09. The summed E-state index contributed by atoms with van der Waals surface area (Å²) >= 11 is 13.0. The number of nitrogens with one attached hydrogen (secondary N) is 2. The van der Waals surface area contributed by atoms with Crippen LogP contribution in [0.3, 0.4) is 0 Å². The minimum atomic E-state index is -0.259. The molecule has 0 unspecified atom stereocenters. The highest BCUT2D eigenvalue weighted by molar-refractivity contribution is 8.00. The van der Waals surface area contributed by atoms with Gasteiger partial charge in [-0.2, -0.15) is 0 Å². The van der Waals surface area contributed by atoms with Gasteiger partial charge in [-0.25, -0.2) is 0 Å². The smallest absolute Gasteiger partial charge is 0.234 e. The van der Waals surface area contributed by atoms with Crippen LogP contribution in [0.15, 0.2) is 36.4 Å². The molecule has 25 heavy (non-hydrogen) atoms. The van der Waals surface area contributed by atoms with Crippen molar-refractivity contribution in [2.45, 2.75) is 6.92 Å². The van der Waals surface area contributed by atoms with Gasteiger partial charge in [0, 0.05) is 11.4 Å². The van der Waals surface area contributed by atoms with Crippen LogP contribution >= 0.6 is 35.0 Å². The van der Waals surface area contributed by atoms with E-state index in [9.17, 15) is 9.59 Å². The summed E-state index contributed by atoms with van der Waals surface area (Å²) in [5.41, 5.74) is 8.21. The van der Waals surface area contributed by atoms with Gasteiger partial charge in [0.05, 0.1) is 27.2 Å². The summed E-state index contributed by atoms with van der Waals surface area (Å²) < 4.78 is 0. The molecule has 0 saturated carbocycles. The van der Waals surface area contributed by atoms with E-state index in [0.717, 1.165) is 11.3 Å². The molecule has 0 atom stereocenters. The maximum atomic E-state index is 11.9. The summed E-state index contributed by atoms with van der Waals surface area (Å²) in [4.78, 5) is 23.8. The number of benzene rings is 2. The number of rotatable bonds is 6. The van der Waals surface area contributed by atoms with Gasteiger partial charge < -0.3 is 16.4 Å². The molecule has 2 aromatic rings. The molecule has 2 aromatic carbocycles. The van der Waals surface area contributed by atoms with Gasteiger partial charge in [0.25, 0.3) is 0 Å². The monoisotopic (exact) mass is 397 g/mol. The Morgan fingerprint density at radius 1 is 0.960 bits per heavy atom. The number of halogens is 2. The van der Waals surface area contributed by atoms with E-state index in [2.05, 4.69) is 10.6 Å². The Balaban J connectivity index is 1.76. The molecule has 0 fully saturated rings. The van der Waals surface area contributed by atoms with Gasteiger partial charge in [0.1, 0.15) is 0 Å². The van der Waals surface area contributed by atoms with Crippen LogP contribution in [0.25, 0.3) is 0 Å². The second kappa shape index (κ2) is 8.99. The third-order valence-corrected chi connectivity index (χ3v) is 4.72. The first-order chi connectivity index (χ1) is 11.8. The fraction of sp³-hybridized carbons (Fsp3) is 0.176. The van der Waals surface area contributed by atoms with Crippen molar-refractivity contribution in [2.75, 3.05) is 27.9 Å². The maximum absolute atomic E-state index is 11.9. The van der Waals surface area contributed by atoms with Crippen molar-refractivity contribution in [3.05, 3.63) is 52.0 Å². The number of nitrogen functional groups attached to an aromatic ring is 1. The van der Waals surface area contributed by atoms with Crippen molar-refractivity contribution in [1.82, 2.24) is 0 Å². The Bertz CT molecular complexity index is 759. The number of aryl methyl sites for hydroxylation is 1. The van der Waals surface area contributed by atoms with Crippen molar-refractivity contribution in [3.8, 4) is 0 Å². The third-order valence-electron chi connectivity index (χ3n) is 3.16. The van der Waals surface area contributed by atoms with Crippen LogP contribution in [0.1, 0.15) is 5.56 Å². The van der Waals surface area contributed by atoms with Gasteiger partial charge in [-0.15, -0.1) is 11.8 Å². The van der Waals surface area contributed by atoms with Crippen molar-refractivity contribution in [1.29, 1.82) is 0 Å². The molecule has 0 aliphatic heterocycles. The first-order valence-electron chi connectivity index (χ1n) is 7.34. The van der Waals surface area contributed by atoms with E-state index < -0.39 is 0 Å². The summed E-state index contributed by atoms with van der Waals surface area (Å²) in [6.07, 6.45) is 0. The van der Waals surface area contributed by atoms with Crippen molar-refractivity contribution < 1.29 is 9.59 Å². The summed E-state index contributed by atoms with van der Waals surface area (Å²) in [7, 11) is 0. The zero-order valence-electron chi connectivity index (χ0n) is 13.4. The topological polar surface area (TPSA) is 84.2 Å². The Morgan fingerprint density at radius 2 is 1.44 bits per heavy atom. The number of thioether (sulfide) groups is 1. The van der Waals surface area contributed by atoms with Crippen LogP contribution in [0.4, 0.5) is 17.1 Å². The Kier molecular flexibility index (Phi) is 6.99. The van der Waals surface area contributed by atoms with Gasteiger partial charge in [-0.05, 0) is 31.2 Å². The molecule has 2 rings (SSSR count). The van der Waals surface area contributed by atoms with Crippen molar-refractivity contribution >= 4 is 63.8 Å². The minimum Gasteiger partial charge on any atom is -0.396 e.